The van der Waals surface area contributed by atoms with E-state index in [1.54, 1.807) is 54.6 Å². The van der Waals surface area contributed by atoms with Crippen LogP contribution in [0.3, 0.4) is 0 Å². The van der Waals surface area contributed by atoms with Crippen molar-refractivity contribution in [2.75, 3.05) is 16.8 Å². The van der Waals surface area contributed by atoms with Gasteiger partial charge in [0.1, 0.15) is 11.3 Å². The molecule has 1 fully saturated rings. The quantitative estimate of drug-likeness (QED) is 0.402. The van der Waals surface area contributed by atoms with E-state index in [1.165, 1.54) is 6.08 Å². The number of benzene rings is 3. The Bertz CT molecular complexity index is 1390. The molecule has 0 bridgehead atoms. The van der Waals surface area contributed by atoms with Crippen molar-refractivity contribution in [3.05, 3.63) is 94.6 Å². The smallest absolute Gasteiger partial charge is 0.335 e. The van der Waals surface area contributed by atoms with Crippen LogP contribution in [0.1, 0.15) is 22.3 Å². The molecule has 1 aliphatic rings. The van der Waals surface area contributed by atoms with Crippen LogP contribution in [0.4, 0.5) is 16.2 Å². The number of nitrogens with zero attached hydrogens (tertiary/aromatic N) is 1. The number of hydrogen-bond acceptors (Lipinski definition) is 5. The van der Waals surface area contributed by atoms with Crippen molar-refractivity contribution in [2.45, 2.75) is 20.8 Å². The van der Waals surface area contributed by atoms with Gasteiger partial charge in [0, 0.05) is 5.69 Å². The first-order valence-electron chi connectivity index (χ1n) is 11.3. The summed E-state index contributed by atoms with van der Waals surface area (Å²) in [4.78, 5) is 51.2. The van der Waals surface area contributed by atoms with Crippen LogP contribution in [0, 0.1) is 20.8 Å². The fraction of sp³-hybridized carbons (Fsp3) is 0.143. The molecule has 1 heterocycles. The lowest BCUT2D eigenvalue weighted by Crippen LogP contribution is -2.54. The van der Waals surface area contributed by atoms with E-state index < -0.39 is 17.8 Å². The van der Waals surface area contributed by atoms with Crippen LogP contribution in [0.15, 0.2) is 72.3 Å². The third kappa shape index (κ3) is 5.50. The summed E-state index contributed by atoms with van der Waals surface area (Å²) in [7, 11) is 0. The molecule has 8 heteroatoms. The largest absolute Gasteiger partial charge is 0.484 e. The Morgan fingerprint density at radius 1 is 0.944 bits per heavy atom. The number of hydrogen-bond donors (Lipinski definition) is 2. The van der Waals surface area contributed by atoms with E-state index in [9.17, 15) is 19.2 Å². The molecule has 1 aliphatic heterocycles. The minimum atomic E-state index is -0.804. The highest BCUT2D eigenvalue weighted by molar-refractivity contribution is 6.39. The summed E-state index contributed by atoms with van der Waals surface area (Å²) in [6, 6.07) is 18.4. The van der Waals surface area contributed by atoms with Gasteiger partial charge in [0.25, 0.3) is 17.7 Å². The highest BCUT2D eigenvalue weighted by Gasteiger charge is 2.36. The van der Waals surface area contributed by atoms with E-state index in [4.69, 9.17) is 4.74 Å². The Labute approximate surface area is 208 Å². The average Bonchev–Trinajstić information content (AvgIpc) is 2.84. The molecule has 182 valence electrons. The summed E-state index contributed by atoms with van der Waals surface area (Å²) in [6.07, 6.45) is 1.39. The topological polar surface area (TPSA) is 105 Å². The molecule has 0 aliphatic carbocycles. The Hall–Kier alpha value is -4.72. The average molecular weight is 484 g/mol. The van der Waals surface area contributed by atoms with Gasteiger partial charge in [0.2, 0.25) is 0 Å². The van der Waals surface area contributed by atoms with Gasteiger partial charge < -0.3 is 10.1 Å². The predicted molar refractivity (Wildman–Crippen MR) is 137 cm³/mol. The van der Waals surface area contributed by atoms with Crippen LogP contribution in [-0.2, 0) is 14.4 Å². The SMILES string of the molecule is Cc1ccc(NC(=O)COc2cccc(/C=C3/C(=O)NC(=O)N(c4ccc(C)c(C)c4)C3=O)c2)cc1. The van der Waals surface area contributed by atoms with Gasteiger partial charge in [0.05, 0.1) is 5.69 Å². The zero-order valence-electron chi connectivity index (χ0n) is 20.1. The summed E-state index contributed by atoms with van der Waals surface area (Å²) < 4.78 is 5.59. The summed E-state index contributed by atoms with van der Waals surface area (Å²) in [5, 5.41) is 4.97. The van der Waals surface area contributed by atoms with Crippen LogP contribution in [0.5, 0.6) is 5.75 Å². The minimum absolute atomic E-state index is 0.193. The highest BCUT2D eigenvalue weighted by atomic mass is 16.5. The molecule has 0 aromatic heterocycles. The number of nitrogens with one attached hydrogen (secondary N) is 2. The van der Waals surface area contributed by atoms with Gasteiger partial charge in [-0.15, -0.1) is 0 Å². The Balaban J connectivity index is 1.49. The first kappa shape index (κ1) is 24.4. The number of anilines is 2. The maximum atomic E-state index is 13.1. The van der Waals surface area contributed by atoms with Gasteiger partial charge in [0.15, 0.2) is 6.61 Å². The Morgan fingerprint density at radius 2 is 1.69 bits per heavy atom. The van der Waals surface area contributed by atoms with Crippen molar-refractivity contribution in [1.82, 2.24) is 5.32 Å². The van der Waals surface area contributed by atoms with Gasteiger partial charge in [-0.05, 0) is 79.9 Å². The van der Waals surface area contributed by atoms with Crippen molar-refractivity contribution in [2.24, 2.45) is 0 Å². The first-order valence-corrected chi connectivity index (χ1v) is 11.3. The van der Waals surface area contributed by atoms with E-state index in [2.05, 4.69) is 10.6 Å². The number of aryl methyl sites for hydroxylation is 3. The molecule has 3 aromatic carbocycles. The lowest BCUT2D eigenvalue weighted by Gasteiger charge is -2.26. The molecule has 3 aromatic rings. The molecule has 5 amide bonds. The zero-order valence-corrected chi connectivity index (χ0v) is 20.1. The number of carbonyl (C=O) groups excluding carboxylic acids is 4. The number of rotatable bonds is 6. The number of imide groups is 2. The lowest BCUT2D eigenvalue weighted by atomic mass is 10.0. The molecule has 0 radical (unpaired) electrons. The van der Waals surface area contributed by atoms with Crippen LogP contribution in [-0.4, -0.2) is 30.4 Å². The molecular formula is C28H25N3O5. The van der Waals surface area contributed by atoms with Crippen LogP contribution < -0.4 is 20.3 Å². The van der Waals surface area contributed by atoms with E-state index in [0.29, 0.717) is 22.7 Å². The molecule has 2 N–H and O–H groups in total. The van der Waals surface area contributed by atoms with E-state index in [1.807, 2.05) is 32.9 Å². The Morgan fingerprint density at radius 3 is 2.42 bits per heavy atom. The van der Waals surface area contributed by atoms with Crippen molar-refractivity contribution >= 4 is 41.2 Å². The second-order valence-corrected chi connectivity index (χ2v) is 8.50. The number of barbiturate groups is 1. The van der Waals surface area contributed by atoms with Gasteiger partial charge in [-0.25, -0.2) is 9.69 Å². The van der Waals surface area contributed by atoms with Gasteiger partial charge >= 0.3 is 6.03 Å². The summed E-state index contributed by atoms with van der Waals surface area (Å²) in [5.41, 5.74) is 4.35. The predicted octanol–water partition coefficient (Wildman–Crippen LogP) is 4.30. The van der Waals surface area contributed by atoms with Gasteiger partial charge in [-0.3, -0.25) is 19.7 Å². The molecule has 0 saturated carbocycles. The first-order chi connectivity index (χ1) is 17.2. The van der Waals surface area contributed by atoms with E-state index >= 15 is 0 Å². The molecular weight excluding hydrogens is 458 g/mol. The molecule has 8 nitrogen and oxygen atoms in total. The maximum Gasteiger partial charge on any atom is 0.335 e. The Kier molecular flexibility index (Phi) is 6.96. The number of amides is 5. The number of ether oxygens (including phenoxy) is 1. The fourth-order valence-electron chi connectivity index (χ4n) is 3.60. The summed E-state index contributed by atoms with van der Waals surface area (Å²) >= 11 is 0. The second-order valence-electron chi connectivity index (χ2n) is 8.50. The zero-order chi connectivity index (χ0) is 25.8. The van der Waals surface area contributed by atoms with E-state index in [0.717, 1.165) is 21.6 Å². The monoisotopic (exact) mass is 483 g/mol. The second kappa shape index (κ2) is 10.3. The molecule has 4 rings (SSSR count). The molecule has 36 heavy (non-hydrogen) atoms. The van der Waals surface area contributed by atoms with Crippen molar-refractivity contribution in [3.8, 4) is 5.75 Å². The van der Waals surface area contributed by atoms with Crippen LogP contribution in [0.25, 0.3) is 6.08 Å². The van der Waals surface area contributed by atoms with Crippen LogP contribution >= 0.6 is 0 Å². The lowest BCUT2D eigenvalue weighted by molar-refractivity contribution is -0.122. The summed E-state index contributed by atoms with van der Waals surface area (Å²) in [5.74, 6) is -1.45. The van der Waals surface area contributed by atoms with Crippen molar-refractivity contribution in [3.63, 3.8) is 0 Å². The third-order valence-corrected chi connectivity index (χ3v) is 5.72. The molecule has 1 saturated heterocycles. The van der Waals surface area contributed by atoms with Gasteiger partial charge in [-0.2, -0.15) is 0 Å². The number of urea groups is 1. The maximum absolute atomic E-state index is 13.1. The molecule has 0 atom stereocenters. The van der Waals surface area contributed by atoms with E-state index in [-0.39, 0.29) is 18.1 Å². The van der Waals surface area contributed by atoms with Gasteiger partial charge in [-0.1, -0.05) is 35.9 Å². The standard InChI is InChI=1S/C28H25N3O5/c1-17-7-10-21(11-8-17)29-25(32)16-36-23-6-4-5-20(14-23)15-24-26(33)30-28(35)31(27(24)34)22-12-9-18(2)19(3)13-22/h4-15H,16H2,1-3H3,(H,29,32)(H,30,33,35)/b24-15-. The molecule has 0 unspecified atom stereocenters. The van der Waals surface area contributed by atoms with Crippen molar-refractivity contribution in [1.29, 1.82) is 0 Å². The normalized spacial score (nSPS) is 14.6. The van der Waals surface area contributed by atoms with Crippen LogP contribution in [0.2, 0.25) is 0 Å². The third-order valence-electron chi connectivity index (χ3n) is 5.72. The number of carbonyl (C=O) groups is 4. The van der Waals surface area contributed by atoms with Crippen molar-refractivity contribution < 1.29 is 23.9 Å². The summed E-state index contributed by atoms with van der Waals surface area (Å²) in [6.45, 7) is 5.54. The fourth-order valence-corrected chi connectivity index (χ4v) is 3.60. The molecule has 0 spiro atoms. The highest BCUT2D eigenvalue weighted by Crippen LogP contribution is 2.25. The minimum Gasteiger partial charge on any atom is -0.484 e.